The first-order valence-electron chi connectivity index (χ1n) is 9.78. The van der Waals surface area contributed by atoms with Crippen LogP contribution < -0.4 is 17.1 Å². The molecule has 30 heavy (non-hydrogen) atoms. The molecular weight excluding hydrogens is 388 g/mol. The molecule has 0 saturated carbocycles. The highest BCUT2D eigenvalue weighted by Crippen LogP contribution is 2.39. The molecule has 1 aromatic rings. The average Bonchev–Trinajstić information content (AvgIpc) is 2.63. The van der Waals surface area contributed by atoms with Gasteiger partial charge in [-0.3, -0.25) is 24.8 Å². The van der Waals surface area contributed by atoms with Crippen molar-refractivity contribution in [3.05, 3.63) is 28.8 Å². The lowest BCUT2D eigenvalue weighted by molar-refractivity contribution is -0.149. The van der Waals surface area contributed by atoms with Gasteiger partial charge in [0, 0.05) is 6.42 Å². The molecule has 0 heterocycles. The molecule has 0 spiro atoms. The van der Waals surface area contributed by atoms with Gasteiger partial charge in [0.1, 0.15) is 12.4 Å². The third-order valence-corrected chi connectivity index (χ3v) is 4.58. The van der Waals surface area contributed by atoms with Gasteiger partial charge in [0.15, 0.2) is 0 Å². The normalized spacial score (nSPS) is 11.7. The van der Waals surface area contributed by atoms with Gasteiger partial charge in [0.2, 0.25) is 0 Å². The fourth-order valence-electron chi connectivity index (χ4n) is 2.85. The van der Waals surface area contributed by atoms with Gasteiger partial charge in [0.25, 0.3) is 0 Å². The van der Waals surface area contributed by atoms with E-state index in [1.54, 1.807) is 5.43 Å². The van der Waals surface area contributed by atoms with E-state index in [0.717, 1.165) is 16.7 Å². The van der Waals surface area contributed by atoms with E-state index in [2.05, 4.69) is 0 Å². The third-order valence-electron chi connectivity index (χ3n) is 4.58. The summed E-state index contributed by atoms with van der Waals surface area (Å²) in [7, 11) is 0. The molecule has 0 aliphatic heterocycles. The number of ether oxygens (including phenoxy) is 1. The van der Waals surface area contributed by atoms with E-state index in [1.165, 1.54) is 0 Å². The fourth-order valence-corrected chi connectivity index (χ4v) is 2.85. The molecule has 0 fully saturated rings. The van der Waals surface area contributed by atoms with Gasteiger partial charge in [-0.25, -0.2) is 11.7 Å². The van der Waals surface area contributed by atoms with Crippen molar-refractivity contribution in [3.63, 3.8) is 0 Å². The lowest BCUT2D eigenvalue weighted by Gasteiger charge is -2.28. The zero-order valence-corrected chi connectivity index (χ0v) is 18.7. The fraction of sp³-hybridized carbons (Fsp3) is 0.571. The highest BCUT2D eigenvalue weighted by atomic mass is 16.5. The number of rotatable bonds is 6. The Balaban J connectivity index is 2.77. The van der Waals surface area contributed by atoms with E-state index in [-0.39, 0.29) is 36.2 Å². The molecule has 168 valence electrons. The Labute approximate surface area is 177 Å². The summed E-state index contributed by atoms with van der Waals surface area (Å²) in [5.41, 5.74) is 3.75. The van der Waals surface area contributed by atoms with Crippen molar-refractivity contribution in [2.45, 2.75) is 65.2 Å². The van der Waals surface area contributed by atoms with Crippen molar-refractivity contribution in [2.75, 3.05) is 13.2 Å². The van der Waals surface area contributed by atoms with Crippen LogP contribution in [-0.4, -0.2) is 41.1 Å². The number of benzene rings is 1. The third kappa shape index (κ3) is 7.00. The maximum absolute atomic E-state index is 12.1. The zero-order chi connectivity index (χ0) is 23.3. The van der Waals surface area contributed by atoms with Crippen LogP contribution in [-0.2, 0) is 36.4 Å². The maximum Gasteiger partial charge on any atom is 0.327 e. The number of phenolic OH excluding ortho intramolecular Hbond substituents is 1. The Kier molecular flexibility index (Phi) is 8.38. The Morgan fingerprint density at radius 1 is 1.07 bits per heavy atom. The second kappa shape index (κ2) is 9.90. The number of esters is 1. The summed E-state index contributed by atoms with van der Waals surface area (Å²) in [6.45, 7) is 11.9. The maximum atomic E-state index is 12.1. The molecule has 6 N–H and O–H groups in total. The van der Waals surface area contributed by atoms with Gasteiger partial charge in [0.05, 0.1) is 6.54 Å². The van der Waals surface area contributed by atoms with Crippen LogP contribution in [0.2, 0.25) is 0 Å². The SMILES string of the molecule is CC(C)(C)c1cc(CCC(=O)OCCN(N)C(=O)C(=O)NN)cc(C(C)(C)C)c1O. The minimum Gasteiger partial charge on any atom is -0.507 e. The summed E-state index contributed by atoms with van der Waals surface area (Å²) in [5.74, 6) is 8.04. The van der Waals surface area contributed by atoms with E-state index >= 15 is 0 Å². The van der Waals surface area contributed by atoms with E-state index in [0.29, 0.717) is 11.4 Å². The average molecular weight is 423 g/mol. The highest BCUT2D eigenvalue weighted by Gasteiger charge is 2.26. The number of nitrogens with two attached hydrogens (primary N) is 2. The van der Waals surface area contributed by atoms with E-state index in [1.807, 2.05) is 53.7 Å². The topological polar surface area (TPSA) is 148 Å². The standard InChI is InChI=1S/C21H34N4O5/c1-20(2,3)14-11-13(12-15(17(14)27)21(4,5)6)7-8-16(26)30-10-9-25(23)19(29)18(28)24-22/h11-12,27H,7-10,22-23H2,1-6H3,(H,24,28). The molecule has 0 unspecified atom stereocenters. The van der Waals surface area contributed by atoms with Crippen LogP contribution in [0.1, 0.15) is 64.7 Å². The molecule has 0 aliphatic carbocycles. The Hall–Kier alpha value is -2.65. The number of hydrazine groups is 2. The van der Waals surface area contributed by atoms with E-state index in [4.69, 9.17) is 16.4 Å². The molecule has 9 nitrogen and oxygen atoms in total. The summed E-state index contributed by atoms with van der Waals surface area (Å²) in [6.07, 6.45) is 0.561. The number of phenols is 1. The van der Waals surface area contributed by atoms with Crippen molar-refractivity contribution in [2.24, 2.45) is 11.7 Å². The summed E-state index contributed by atoms with van der Waals surface area (Å²) in [6, 6.07) is 3.84. The molecule has 1 aromatic carbocycles. The molecule has 0 saturated heterocycles. The summed E-state index contributed by atoms with van der Waals surface area (Å²) < 4.78 is 5.09. The first kappa shape index (κ1) is 25.4. The second-order valence-electron chi connectivity index (χ2n) is 9.23. The Bertz CT molecular complexity index is 759. The molecule has 0 bridgehead atoms. The monoisotopic (exact) mass is 422 g/mol. The molecule has 2 amide bonds. The number of aromatic hydroxyl groups is 1. The minimum absolute atomic E-state index is 0.125. The number of nitrogens with one attached hydrogen (secondary N) is 1. The molecule has 0 radical (unpaired) electrons. The summed E-state index contributed by atoms with van der Waals surface area (Å²) >= 11 is 0. The number of aryl methyl sites for hydroxylation is 1. The smallest absolute Gasteiger partial charge is 0.327 e. The lowest BCUT2D eigenvalue weighted by Crippen LogP contribution is -2.49. The number of carbonyl (C=O) groups excluding carboxylic acids is 3. The van der Waals surface area contributed by atoms with Gasteiger partial charge in [-0.05, 0) is 33.9 Å². The van der Waals surface area contributed by atoms with Crippen LogP contribution >= 0.6 is 0 Å². The minimum atomic E-state index is -1.06. The van der Waals surface area contributed by atoms with Gasteiger partial charge in [-0.15, -0.1) is 0 Å². The second-order valence-corrected chi connectivity index (χ2v) is 9.23. The molecule has 0 atom stereocenters. The van der Waals surface area contributed by atoms with Gasteiger partial charge in [-0.2, -0.15) is 0 Å². The van der Waals surface area contributed by atoms with Crippen molar-refractivity contribution < 1.29 is 24.2 Å². The molecular formula is C21H34N4O5. The number of carbonyl (C=O) groups is 3. The predicted octanol–water partition coefficient (Wildman–Crippen LogP) is 1.16. The van der Waals surface area contributed by atoms with Crippen molar-refractivity contribution in [1.29, 1.82) is 0 Å². The number of nitrogens with zero attached hydrogens (tertiary/aromatic N) is 1. The summed E-state index contributed by atoms with van der Waals surface area (Å²) in [5, 5.41) is 11.4. The zero-order valence-electron chi connectivity index (χ0n) is 18.7. The van der Waals surface area contributed by atoms with Crippen LogP contribution in [0.4, 0.5) is 0 Å². The number of amides is 2. The molecule has 0 aromatic heterocycles. The van der Waals surface area contributed by atoms with Crippen LogP contribution in [0, 0.1) is 0 Å². The Morgan fingerprint density at radius 2 is 1.57 bits per heavy atom. The van der Waals surface area contributed by atoms with Gasteiger partial charge < -0.3 is 9.84 Å². The quantitative estimate of drug-likeness (QED) is 0.177. The van der Waals surface area contributed by atoms with Crippen LogP contribution in [0.5, 0.6) is 5.75 Å². The van der Waals surface area contributed by atoms with E-state index in [9.17, 15) is 19.5 Å². The summed E-state index contributed by atoms with van der Waals surface area (Å²) in [4.78, 5) is 34.6. The largest absolute Gasteiger partial charge is 0.507 e. The van der Waals surface area contributed by atoms with Gasteiger partial charge >= 0.3 is 17.8 Å². The molecule has 0 aliphatic rings. The van der Waals surface area contributed by atoms with Crippen LogP contribution in [0.15, 0.2) is 12.1 Å². The number of hydrogen-bond acceptors (Lipinski definition) is 7. The number of hydrogen-bond donors (Lipinski definition) is 4. The van der Waals surface area contributed by atoms with Crippen LogP contribution in [0.25, 0.3) is 0 Å². The van der Waals surface area contributed by atoms with Crippen molar-refractivity contribution in [3.8, 4) is 5.75 Å². The van der Waals surface area contributed by atoms with Gasteiger partial charge in [-0.1, -0.05) is 53.7 Å². The predicted molar refractivity (Wildman–Crippen MR) is 113 cm³/mol. The Morgan fingerprint density at radius 3 is 2.00 bits per heavy atom. The van der Waals surface area contributed by atoms with Crippen molar-refractivity contribution >= 4 is 17.8 Å². The highest BCUT2D eigenvalue weighted by molar-refractivity contribution is 6.34. The first-order chi connectivity index (χ1) is 13.7. The first-order valence-corrected chi connectivity index (χ1v) is 9.78. The molecule has 9 heteroatoms. The van der Waals surface area contributed by atoms with Crippen LogP contribution in [0.3, 0.4) is 0 Å². The van der Waals surface area contributed by atoms with E-state index < -0.39 is 17.8 Å². The molecule has 1 rings (SSSR count). The lowest BCUT2D eigenvalue weighted by atomic mass is 9.78. The van der Waals surface area contributed by atoms with Crippen molar-refractivity contribution in [1.82, 2.24) is 10.4 Å².